The molecule has 0 amide bonds. The minimum atomic E-state index is 0.191. The van der Waals surface area contributed by atoms with Gasteiger partial charge in [-0.1, -0.05) is 24.3 Å². The third-order valence-corrected chi connectivity index (χ3v) is 5.00. The number of hydrogen-bond acceptors (Lipinski definition) is 5. The number of allylic oxidation sites excluding steroid dienone is 1. The van der Waals surface area contributed by atoms with E-state index in [4.69, 9.17) is 9.97 Å². The summed E-state index contributed by atoms with van der Waals surface area (Å²) in [5.74, 6) is 0.976. The van der Waals surface area contributed by atoms with E-state index in [1.807, 2.05) is 38.2 Å². The number of aldehydes is 1. The molecule has 138 valence electrons. The first kappa shape index (κ1) is 17.4. The van der Waals surface area contributed by atoms with Gasteiger partial charge >= 0.3 is 0 Å². The van der Waals surface area contributed by atoms with Crippen LogP contribution >= 0.6 is 0 Å². The third-order valence-electron chi connectivity index (χ3n) is 5.00. The van der Waals surface area contributed by atoms with Gasteiger partial charge in [-0.15, -0.1) is 0 Å². The number of para-hydroxylation sites is 1. The molecule has 2 aromatic heterocycles. The van der Waals surface area contributed by atoms with E-state index < -0.39 is 0 Å². The number of fused-ring (bicyclic) bond motifs is 4. The van der Waals surface area contributed by atoms with Gasteiger partial charge in [0.05, 0.1) is 11.2 Å². The Morgan fingerprint density at radius 1 is 1.30 bits per heavy atom. The van der Waals surface area contributed by atoms with Crippen LogP contribution in [0.5, 0.6) is 0 Å². The second-order valence-electron chi connectivity index (χ2n) is 6.84. The predicted molar refractivity (Wildman–Crippen MR) is 108 cm³/mol. The molecule has 0 spiro atoms. The van der Waals surface area contributed by atoms with Gasteiger partial charge in [-0.3, -0.25) is 4.79 Å². The summed E-state index contributed by atoms with van der Waals surface area (Å²) in [6, 6.07) is 7.88. The zero-order valence-electron chi connectivity index (χ0n) is 15.5. The number of anilines is 1. The summed E-state index contributed by atoms with van der Waals surface area (Å²) >= 11 is 0. The highest BCUT2D eigenvalue weighted by Crippen LogP contribution is 2.32. The van der Waals surface area contributed by atoms with Gasteiger partial charge in [0.25, 0.3) is 0 Å². The molecule has 6 heteroatoms. The fourth-order valence-electron chi connectivity index (χ4n) is 3.67. The molecule has 0 radical (unpaired) electrons. The summed E-state index contributed by atoms with van der Waals surface area (Å²) in [5, 5.41) is 6.60. The van der Waals surface area contributed by atoms with Gasteiger partial charge in [-0.2, -0.15) is 0 Å². The Morgan fingerprint density at radius 3 is 3.00 bits per heavy atom. The van der Waals surface area contributed by atoms with Crippen molar-refractivity contribution >= 4 is 23.1 Å². The van der Waals surface area contributed by atoms with Gasteiger partial charge in [0.15, 0.2) is 6.29 Å². The Bertz CT molecular complexity index is 1020. The lowest BCUT2D eigenvalue weighted by Gasteiger charge is -2.14. The molecule has 6 nitrogen and oxygen atoms in total. The molecule has 0 saturated heterocycles. The maximum Gasteiger partial charge on any atom is 0.151 e. The van der Waals surface area contributed by atoms with Gasteiger partial charge in [-0.25, -0.2) is 9.97 Å². The number of rotatable bonds is 3. The van der Waals surface area contributed by atoms with E-state index >= 15 is 0 Å². The van der Waals surface area contributed by atoms with E-state index in [1.165, 1.54) is 0 Å². The first-order chi connectivity index (χ1) is 13.2. The highest BCUT2D eigenvalue weighted by Gasteiger charge is 2.19. The highest BCUT2D eigenvalue weighted by molar-refractivity contribution is 5.93. The second kappa shape index (κ2) is 7.32. The van der Waals surface area contributed by atoms with Crippen molar-refractivity contribution in [3.05, 3.63) is 53.4 Å². The molecule has 1 atom stereocenters. The molecule has 0 saturated carbocycles. The molecule has 4 rings (SSSR count). The number of aromatic amines is 1. The summed E-state index contributed by atoms with van der Waals surface area (Å²) in [6.45, 7) is 3.43. The molecule has 3 heterocycles. The average Bonchev–Trinajstić information content (AvgIpc) is 3.10. The lowest BCUT2D eigenvalue weighted by atomic mass is 9.98. The molecule has 1 aromatic carbocycles. The van der Waals surface area contributed by atoms with Crippen LogP contribution in [0.3, 0.4) is 0 Å². The van der Waals surface area contributed by atoms with Crippen LogP contribution in [-0.2, 0) is 0 Å². The number of likely N-dealkylation sites (N-methyl/N-ethyl adjacent to an activating group) is 1. The molecule has 3 N–H and O–H groups in total. The summed E-state index contributed by atoms with van der Waals surface area (Å²) in [4.78, 5) is 24.8. The van der Waals surface area contributed by atoms with Gasteiger partial charge in [0.1, 0.15) is 11.3 Å². The quantitative estimate of drug-likeness (QED) is 0.492. The summed E-state index contributed by atoms with van der Waals surface area (Å²) in [7, 11) is 1.93. The van der Waals surface area contributed by atoms with Crippen molar-refractivity contribution in [2.24, 2.45) is 0 Å². The Labute approximate surface area is 158 Å². The first-order valence-corrected chi connectivity index (χ1v) is 9.20. The smallest absolute Gasteiger partial charge is 0.151 e. The first-order valence-electron chi connectivity index (χ1n) is 9.20. The molecule has 4 bridgehead atoms. The number of nitrogens with zero attached hydrogens (tertiary/aromatic N) is 2. The SMILES string of the molecule is CNCC1C/C=C/CNc2nc3c(cccc3nc2C)-c2cc(C=O)c1[nH]2. The van der Waals surface area contributed by atoms with Crippen LogP contribution in [-0.4, -0.2) is 41.4 Å². The van der Waals surface area contributed by atoms with Crippen LogP contribution < -0.4 is 10.6 Å². The molecule has 1 unspecified atom stereocenters. The summed E-state index contributed by atoms with van der Waals surface area (Å²) in [5.41, 5.74) is 6.05. The van der Waals surface area contributed by atoms with Crippen LogP contribution in [0.25, 0.3) is 22.3 Å². The Kier molecular flexibility index (Phi) is 4.73. The van der Waals surface area contributed by atoms with Crippen molar-refractivity contribution in [3.8, 4) is 11.3 Å². The van der Waals surface area contributed by atoms with E-state index in [0.29, 0.717) is 12.1 Å². The van der Waals surface area contributed by atoms with Gasteiger partial charge in [0, 0.05) is 41.5 Å². The van der Waals surface area contributed by atoms with Gasteiger partial charge < -0.3 is 15.6 Å². The molecule has 1 aliphatic heterocycles. The number of carbonyl (C=O) groups excluding carboxylic acids is 1. The fraction of sp³-hybridized carbons (Fsp3) is 0.286. The number of nitrogens with one attached hydrogen (secondary N) is 3. The molecule has 0 aliphatic carbocycles. The maximum absolute atomic E-state index is 11.7. The van der Waals surface area contributed by atoms with Crippen LogP contribution in [0.15, 0.2) is 36.4 Å². The van der Waals surface area contributed by atoms with Crippen molar-refractivity contribution in [2.45, 2.75) is 19.3 Å². The zero-order chi connectivity index (χ0) is 18.8. The number of hydrogen-bond donors (Lipinski definition) is 3. The summed E-state index contributed by atoms with van der Waals surface area (Å²) < 4.78 is 0. The molecule has 0 fully saturated rings. The Morgan fingerprint density at radius 2 is 2.19 bits per heavy atom. The molecule has 3 aromatic rings. The van der Waals surface area contributed by atoms with E-state index in [1.54, 1.807) is 0 Å². The van der Waals surface area contributed by atoms with E-state index in [2.05, 4.69) is 27.8 Å². The van der Waals surface area contributed by atoms with Gasteiger partial charge in [-0.05, 0) is 32.5 Å². The van der Waals surface area contributed by atoms with Crippen LogP contribution in [0.1, 0.15) is 34.1 Å². The van der Waals surface area contributed by atoms with E-state index in [9.17, 15) is 4.79 Å². The molecular weight excluding hydrogens is 338 g/mol. The minimum absolute atomic E-state index is 0.191. The van der Waals surface area contributed by atoms with E-state index in [0.717, 1.165) is 58.7 Å². The number of carbonyl (C=O) groups is 1. The van der Waals surface area contributed by atoms with Gasteiger partial charge in [0.2, 0.25) is 0 Å². The standard InChI is InChI=1S/C21H23N5O/c1-13-21-23-9-4-3-6-14(11-22-2)19-15(12-27)10-18(25-19)16-7-5-8-17(24-13)20(16)26-21/h3-5,7-8,10,12,14,22,25H,6,9,11H2,1-2H3,(H,23,26)/b4-3+. The van der Waals surface area contributed by atoms with Crippen LogP contribution in [0.2, 0.25) is 0 Å². The second-order valence-corrected chi connectivity index (χ2v) is 6.84. The van der Waals surface area contributed by atoms with Crippen molar-refractivity contribution in [2.75, 3.05) is 25.5 Å². The summed E-state index contributed by atoms with van der Waals surface area (Å²) in [6.07, 6.45) is 6.02. The third kappa shape index (κ3) is 3.24. The molecular formula is C21H23N5O. The lowest BCUT2D eigenvalue weighted by Crippen LogP contribution is -2.18. The topological polar surface area (TPSA) is 82.7 Å². The monoisotopic (exact) mass is 361 g/mol. The number of H-pyrrole nitrogens is 1. The fourth-order valence-corrected chi connectivity index (χ4v) is 3.67. The molecule has 27 heavy (non-hydrogen) atoms. The Hall–Kier alpha value is -2.99. The van der Waals surface area contributed by atoms with Crippen molar-refractivity contribution in [1.82, 2.24) is 20.3 Å². The zero-order valence-corrected chi connectivity index (χ0v) is 15.5. The molecule has 1 aliphatic rings. The lowest BCUT2D eigenvalue weighted by molar-refractivity contribution is 0.112. The predicted octanol–water partition coefficient (Wildman–Crippen LogP) is 3.42. The maximum atomic E-state index is 11.7. The largest absolute Gasteiger partial charge is 0.365 e. The highest BCUT2D eigenvalue weighted by atomic mass is 16.1. The van der Waals surface area contributed by atoms with Crippen molar-refractivity contribution in [3.63, 3.8) is 0 Å². The number of aromatic nitrogens is 3. The number of aryl methyl sites for hydroxylation is 1. The van der Waals surface area contributed by atoms with E-state index in [-0.39, 0.29) is 5.92 Å². The number of benzene rings is 1. The minimum Gasteiger partial charge on any atom is -0.365 e. The van der Waals surface area contributed by atoms with Crippen LogP contribution in [0, 0.1) is 6.92 Å². The van der Waals surface area contributed by atoms with Crippen molar-refractivity contribution < 1.29 is 4.79 Å². The Balaban J connectivity index is 1.96. The normalized spacial score (nSPS) is 17.6. The van der Waals surface area contributed by atoms with Crippen LogP contribution in [0.4, 0.5) is 5.82 Å². The average molecular weight is 361 g/mol. The van der Waals surface area contributed by atoms with Crippen molar-refractivity contribution in [1.29, 1.82) is 0 Å².